The molecule has 0 radical (unpaired) electrons. The first kappa shape index (κ1) is 22.5. The van der Waals surface area contributed by atoms with E-state index in [-0.39, 0.29) is 19.0 Å². The van der Waals surface area contributed by atoms with Crippen LogP contribution in [0.3, 0.4) is 0 Å². The van der Waals surface area contributed by atoms with Crippen molar-refractivity contribution in [1.82, 2.24) is 29.6 Å². The Labute approximate surface area is 201 Å². The molecule has 2 aliphatic heterocycles. The van der Waals surface area contributed by atoms with Gasteiger partial charge in [-0.05, 0) is 43.5 Å². The van der Waals surface area contributed by atoms with Gasteiger partial charge in [0.2, 0.25) is 0 Å². The molecule has 0 unspecified atom stereocenters. The largest absolute Gasteiger partial charge is 0.444 e. The number of rotatable bonds is 4. The fraction of sp³-hybridized carbons (Fsp3) is 0.435. The quantitative estimate of drug-likeness (QED) is 0.553. The number of ether oxygens (including phenoxy) is 1. The molecule has 0 N–H and O–H groups in total. The SMILES string of the molecule is C[C@H](CF)OC(=O)N1Cc2cc(Cl)ccc2-n2c(nnc2C2CCN(c3cnccn3)CC2)C1. The van der Waals surface area contributed by atoms with Crippen LogP contribution in [0.15, 0.2) is 36.8 Å². The van der Waals surface area contributed by atoms with Gasteiger partial charge in [0.25, 0.3) is 0 Å². The van der Waals surface area contributed by atoms with Crippen LogP contribution < -0.4 is 4.90 Å². The predicted octanol–water partition coefficient (Wildman–Crippen LogP) is 3.90. The Morgan fingerprint density at radius 3 is 2.79 bits per heavy atom. The van der Waals surface area contributed by atoms with Gasteiger partial charge in [-0.25, -0.2) is 14.2 Å². The van der Waals surface area contributed by atoms with E-state index >= 15 is 0 Å². The van der Waals surface area contributed by atoms with Crippen LogP contribution in [0.25, 0.3) is 5.69 Å². The lowest BCUT2D eigenvalue weighted by atomic mass is 9.95. The van der Waals surface area contributed by atoms with E-state index < -0.39 is 18.9 Å². The first-order valence-corrected chi connectivity index (χ1v) is 11.7. The second kappa shape index (κ2) is 9.54. The Hall–Kier alpha value is -3.27. The molecule has 9 nitrogen and oxygen atoms in total. The molecule has 1 fully saturated rings. The van der Waals surface area contributed by atoms with Crippen LogP contribution in [0.5, 0.6) is 0 Å². The first-order valence-electron chi connectivity index (χ1n) is 11.3. The third kappa shape index (κ3) is 4.42. The van der Waals surface area contributed by atoms with Crippen molar-refractivity contribution >= 4 is 23.5 Å². The van der Waals surface area contributed by atoms with Crippen LogP contribution in [0.1, 0.15) is 42.9 Å². The summed E-state index contributed by atoms with van der Waals surface area (Å²) >= 11 is 6.29. The maximum atomic E-state index is 12.9. The van der Waals surface area contributed by atoms with Crippen molar-refractivity contribution in [3.05, 3.63) is 59.0 Å². The van der Waals surface area contributed by atoms with Crippen molar-refractivity contribution in [2.24, 2.45) is 0 Å². The molecule has 2 aromatic heterocycles. The van der Waals surface area contributed by atoms with Crippen molar-refractivity contribution in [3.63, 3.8) is 0 Å². The van der Waals surface area contributed by atoms with Crippen LogP contribution in [0.4, 0.5) is 15.0 Å². The van der Waals surface area contributed by atoms with E-state index in [1.54, 1.807) is 18.6 Å². The van der Waals surface area contributed by atoms with E-state index in [2.05, 4.69) is 25.1 Å². The summed E-state index contributed by atoms with van der Waals surface area (Å²) in [5.74, 6) is 2.57. The van der Waals surface area contributed by atoms with Gasteiger partial charge in [-0.2, -0.15) is 0 Å². The van der Waals surface area contributed by atoms with Gasteiger partial charge in [-0.1, -0.05) is 11.6 Å². The van der Waals surface area contributed by atoms with Crippen molar-refractivity contribution in [2.75, 3.05) is 24.7 Å². The van der Waals surface area contributed by atoms with Gasteiger partial charge in [0.15, 0.2) is 5.82 Å². The summed E-state index contributed by atoms with van der Waals surface area (Å²) in [6.07, 6.45) is 5.51. The van der Waals surface area contributed by atoms with Crippen LogP contribution in [0, 0.1) is 0 Å². The second-order valence-corrected chi connectivity index (χ2v) is 9.05. The lowest BCUT2D eigenvalue weighted by Crippen LogP contribution is -2.34. The van der Waals surface area contributed by atoms with Crippen molar-refractivity contribution in [3.8, 4) is 5.69 Å². The predicted molar refractivity (Wildman–Crippen MR) is 124 cm³/mol. The molecule has 11 heteroatoms. The molecule has 0 spiro atoms. The molecule has 5 rings (SSSR count). The van der Waals surface area contributed by atoms with E-state index in [1.165, 1.54) is 11.8 Å². The van der Waals surface area contributed by atoms with Crippen molar-refractivity contribution in [1.29, 1.82) is 0 Å². The van der Waals surface area contributed by atoms with Gasteiger partial charge in [0.05, 0.1) is 25.0 Å². The Morgan fingerprint density at radius 2 is 2.06 bits per heavy atom. The maximum Gasteiger partial charge on any atom is 0.410 e. The molecular formula is C23H25ClFN7O2. The molecular weight excluding hydrogens is 461 g/mol. The Kier molecular flexibility index (Phi) is 6.32. The zero-order chi connectivity index (χ0) is 23.7. The Bertz CT molecular complexity index is 1170. The smallest absolute Gasteiger partial charge is 0.410 e. The van der Waals surface area contributed by atoms with Gasteiger partial charge >= 0.3 is 6.09 Å². The highest BCUT2D eigenvalue weighted by molar-refractivity contribution is 6.30. The van der Waals surface area contributed by atoms with Crippen LogP contribution in [-0.4, -0.2) is 61.6 Å². The Morgan fingerprint density at radius 1 is 1.24 bits per heavy atom. The van der Waals surface area contributed by atoms with Gasteiger partial charge in [0.1, 0.15) is 24.4 Å². The van der Waals surface area contributed by atoms with Crippen molar-refractivity contribution < 1.29 is 13.9 Å². The standard InChI is InChI=1S/C23H25ClFN7O2/c1-15(11-25)34-23(33)31-13-17-10-18(24)2-3-19(17)32-21(14-31)28-29-22(32)16-4-8-30(9-5-16)20-12-26-6-7-27-20/h2-3,6-7,10,12,15-16H,4-5,8-9,11,13-14H2,1H3/t15-/m1/s1. The number of amides is 1. The van der Waals surface area contributed by atoms with Gasteiger partial charge in [-0.15, -0.1) is 10.2 Å². The second-order valence-electron chi connectivity index (χ2n) is 8.61. The monoisotopic (exact) mass is 485 g/mol. The zero-order valence-corrected chi connectivity index (χ0v) is 19.5. The highest BCUT2D eigenvalue weighted by Gasteiger charge is 2.32. The number of hydrogen-bond donors (Lipinski definition) is 0. The molecule has 1 saturated heterocycles. The fourth-order valence-corrected chi connectivity index (χ4v) is 4.71. The number of carbonyl (C=O) groups excluding carboxylic acids is 1. The van der Waals surface area contributed by atoms with E-state index in [9.17, 15) is 9.18 Å². The average molecular weight is 486 g/mol. The summed E-state index contributed by atoms with van der Waals surface area (Å²) in [5, 5.41) is 9.56. The lowest BCUT2D eigenvalue weighted by molar-refractivity contribution is 0.0547. The summed E-state index contributed by atoms with van der Waals surface area (Å²) in [6, 6.07) is 5.59. The molecule has 0 bridgehead atoms. The molecule has 178 valence electrons. The minimum Gasteiger partial charge on any atom is -0.444 e. The number of carbonyl (C=O) groups is 1. The number of halogens is 2. The zero-order valence-electron chi connectivity index (χ0n) is 18.8. The topological polar surface area (TPSA) is 89.3 Å². The summed E-state index contributed by atoms with van der Waals surface area (Å²) in [5.41, 5.74) is 1.75. The number of nitrogens with zero attached hydrogens (tertiary/aromatic N) is 7. The number of benzene rings is 1. The number of fused-ring (bicyclic) bond motifs is 3. The fourth-order valence-electron chi connectivity index (χ4n) is 4.52. The summed E-state index contributed by atoms with van der Waals surface area (Å²) in [4.78, 5) is 25.0. The molecule has 0 saturated carbocycles. The molecule has 2 aliphatic rings. The number of hydrogen-bond acceptors (Lipinski definition) is 7. The molecule has 1 atom stereocenters. The van der Waals surface area contributed by atoms with E-state index in [0.717, 1.165) is 48.8 Å². The minimum absolute atomic E-state index is 0.197. The van der Waals surface area contributed by atoms with Gasteiger partial charge < -0.3 is 9.64 Å². The molecule has 0 aliphatic carbocycles. The molecule has 3 aromatic rings. The maximum absolute atomic E-state index is 12.9. The third-order valence-electron chi connectivity index (χ3n) is 6.24. The summed E-state index contributed by atoms with van der Waals surface area (Å²) in [7, 11) is 0. The lowest BCUT2D eigenvalue weighted by Gasteiger charge is -2.32. The van der Waals surface area contributed by atoms with Crippen molar-refractivity contribution in [2.45, 2.75) is 44.9 Å². The van der Waals surface area contributed by atoms with Crippen LogP contribution >= 0.6 is 11.6 Å². The average Bonchev–Trinajstić information content (AvgIpc) is 3.20. The normalized spacial score (nSPS) is 17.0. The molecule has 34 heavy (non-hydrogen) atoms. The molecule has 4 heterocycles. The number of alkyl halides is 1. The summed E-state index contributed by atoms with van der Waals surface area (Å²) in [6.45, 7) is 2.93. The number of aromatic nitrogens is 5. The molecule has 1 amide bonds. The highest BCUT2D eigenvalue weighted by atomic mass is 35.5. The van der Waals surface area contributed by atoms with E-state index in [0.29, 0.717) is 10.8 Å². The van der Waals surface area contributed by atoms with Crippen LogP contribution in [-0.2, 0) is 17.8 Å². The Balaban J connectivity index is 1.43. The van der Waals surface area contributed by atoms with Gasteiger partial charge in [-0.3, -0.25) is 14.5 Å². The van der Waals surface area contributed by atoms with Gasteiger partial charge in [0, 0.05) is 36.4 Å². The summed E-state index contributed by atoms with van der Waals surface area (Å²) < 4.78 is 20.2. The van der Waals surface area contributed by atoms with E-state index in [1.807, 2.05) is 22.8 Å². The molecule has 1 aromatic carbocycles. The van der Waals surface area contributed by atoms with E-state index in [4.69, 9.17) is 16.3 Å². The minimum atomic E-state index is -0.817. The van der Waals surface area contributed by atoms with Crippen LogP contribution in [0.2, 0.25) is 5.02 Å². The third-order valence-corrected chi connectivity index (χ3v) is 6.48. The number of anilines is 1. The highest BCUT2D eigenvalue weighted by Crippen LogP contribution is 2.34. The number of piperidine rings is 1. The first-order chi connectivity index (χ1) is 16.5.